The van der Waals surface area contributed by atoms with Gasteiger partial charge < -0.3 is 4.42 Å². The maximum atomic E-state index is 11.7. The van der Waals surface area contributed by atoms with Crippen LogP contribution in [0.5, 0.6) is 0 Å². The number of halogens is 1. The Hall–Kier alpha value is -2.65. The molecule has 0 fully saturated rings. The van der Waals surface area contributed by atoms with E-state index in [1.54, 1.807) is 12.1 Å². The zero-order valence-electron chi connectivity index (χ0n) is 11.0. The molecule has 3 aromatic rings. The van der Waals surface area contributed by atoms with E-state index in [1.807, 2.05) is 13.0 Å². The van der Waals surface area contributed by atoms with Gasteiger partial charge in [0.25, 0.3) is 5.82 Å². The Kier molecular flexibility index (Phi) is 3.20. The van der Waals surface area contributed by atoms with Gasteiger partial charge >= 0.3 is 5.63 Å². The quantitative estimate of drug-likeness (QED) is 0.678. The largest absolute Gasteiger partial charge is 0.423 e. The lowest BCUT2D eigenvalue weighted by Gasteiger charge is -2.07. The van der Waals surface area contributed by atoms with Crippen LogP contribution in [0.2, 0.25) is 5.02 Å². The number of aryl methyl sites for hydroxylation is 1. The SMILES string of the molecule is Cc1cc2oc(=O)cc(Cn3cnc(C#N)n3)c2cc1Cl. The van der Waals surface area contributed by atoms with Crippen LogP contribution in [0.15, 0.2) is 33.7 Å². The van der Waals surface area contributed by atoms with Crippen molar-refractivity contribution in [2.45, 2.75) is 13.5 Å². The molecule has 7 heteroatoms. The molecule has 2 aromatic heterocycles. The Morgan fingerprint density at radius 3 is 2.95 bits per heavy atom. The van der Waals surface area contributed by atoms with E-state index in [2.05, 4.69) is 10.1 Å². The van der Waals surface area contributed by atoms with Gasteiger partial charge in [0.1, 0.15) is 18.0 Å². The second kappa shape index (κ2) is 5.04. The lowest BCUT2D eigenvalue weighted by atomic mass is 10.1. The minimum atomic E-state index is -0.445. The average Bonchev–Trinajstić information content (AvgIpc) is 2.88. The third-order valence-electron chi connectivity index (χ3n) is 3.08. The molecular formula is C14H9ClN4O2. The molecule has 0 radical (unpaired) electrons. The zero-order chi connectivity index (χ0) is 15.0. The molecule has 0 saturated heterocycles. The molecule has 0 aliphatic carbocycles. The van der Waals surface area contributed by atoms with Gasteiger partial charge in [-0.3, -0.25) is 0 Å². The second-order valence-electron chi connectivity index (χ2n) is 4.57. The number of aromatic nitrogens is 3. The minimum Gasteiger partial charge on any atom is -0.423 e. The summed E-state index contributed by atoms with van der Waals surface area (Å²) in [5.74, 6) is 0.0798. The van der Waals surface area contributed by atoms with Crippen LogP contribution >= 0.6 is 11.6 Å². The van der Waals surface area contributed by atoms with Crippen molar-refractivity contribution in [2.24, 2.45) is 0 Å². The van der Waals surface area contributed by atoms with Gasteiger partial charge in [0, 0.05) is 16.5 Å². The van der Waals surface area contributed by atoms with Crippen LogP contribution in [-0.2, 0) is 6.54 Å². The maximum Gasteiger partial charge on any atom is 0.336 e. The van der Waals surface area contributed by atoms with Crippen molar-refractivity contribution >= 4 is 22.6 Å². The van der Waals surface area contributed by atoms with E-state index in [-0.39, 0.29) is 5.82 Å². The van der Waals surface area contributed by atoms with Crippen molar-refractivity contribution in [3.8, 4) is 6.07 Å². The van der Waals surface area contributed by atoms with Crippen molar-refractivity contribution in [1.29, 1.82) is 5.26 Å². The van der Waals surface area contributed by atoms with Crippen LogP contribution in [0, 0.1) is 18.3 Å². The summed E-state index contributed by atoms with van der Waals surface area (Å²) in [5, 5.41) is 14.0. The minimum absolute atomic E-state index is 0.0798. The predicted molar refractivity (Wildman–Crippen MR) is 76.1 cm³/mol. The van der Waals surface area contributed by atoms with Crippen LogP contribution < -0.4 is 5.63 Å². The number of hydrogen-bond acceptors (Lipinski definition) is 5. The molecular weight excluding hydrogens is 292 g/mol. The summed E-state index contributed by atoms with van der Waals surface area (Å²) in [5.41, 5.74) is 1.56. The molecule has 6 nitrogen and oxygen atoms in total. The van der Waals surface area contributed by atoms with Gasteiger partial charge in [0.2, 0.25) is 0 Å². The van der Waals surface area contributed by atoms with Crippen molar-refractivity contribution in [2.75, 3.05) is 0 Å². The standard InChI is InChI=1S/C14H9ClN4O2/c1-8-2-12-10(4-11(8)15)9(3-14(20)21-12)6-19-7-17-13(5-16)18-19/h2-4,7H,6H2,1H3. The fourth-order valence-electron chi connectivity index (χ4n) is 2.08. The van der Waals surface area contributed by atoms with E-state index in [0.717, 1.165) is 10.9 Å². The molecule has 0 unspecified atom stereocenters. The maximum absolute atomic E-state index is 11.7. The molecule has 0 amide bonds. The number of nitriles is 1. The smallest absolute Gasteiger partial charge is 0.336 e. The van der Waals surface area contributed by atoms with E-state index in [1.165, 1.54) is 17.1 Å². The lowest BCUT2D eigenvalue weighted by Crippen LogP contribution is -2.06. The molecule has 0 spiro atoms. The fourth-order valence-corrected chi connectivity index (χ4v) is 2.24. The van der Waals surface area contributed by atoms with Gasteiger partial charge in [-0.05, 0) is 30.2 Å². The van der Waals surface area contributed by atoms with Crippen molar-refractivity contribution in [1.82, 2.24) is 14.8 Å². The zero-order valence-corrected chi connectivity index (χ0v) is 11.8. The number of hydrogen-bond donors (Lipinski definition) is 0. The van der Waals surface area contributed by atoms with Crippen LogP contribution in [0.3, 0.4) is 0 Å². The predicted octanol–water partition coefficient (Wildman–Crippen LogP) is 2.27. The van der Waals surface area contributed by atoms with Crippen LogP contribution in [-0.4, -0.2) is 14.8 Å². The van der Waals surface area contributed by atoms with E-state index in [4.69, 9.17) is 21.3 Å². The summed E-state index contributed by atoms with van der Waals surface area (Å²) in [7, 11) is 0. The van der Waals surface area contributed by atoms with Crippen LogP contribution in [0.25, 0.3) is 11.0 Å². The highest BCUT2D eigenvalue weighted by Crippen LogP contribution is 2.25. The number of rotatable bonds is 2. The van der Waals surface area contributed by atoms with Gasteiger partial charge in [0.15, 0.2) is 0 Å². The van der Waals surface area contributed by atoms with E-state index < -0.39 is 5.63 Å². The molecule has 0 N–H and O–H groups in total. The molecule has 21 heavy (non-hydrogen) atoms. The normalized spacial score (nSPS) is 10.7. The van der Waals surface area contributed by atoms with Crippen LogP contribution in [0.1, 0.15) is 17.0 Å². The third-order valence-corrected chi connectivity index (χ3v) is 3.49. The average molecular weight is 301 g/mol. The highest BCUT2D eigenvalue weighted by Gasteiger charge is 2.10. The van der Waals surface area contributed by atoms with Gasteiger partial charge in [-0.15, -0.1) is 5.10 Å². The van der Waals surface area contributed by atoms with Gasteiger partial charge in [-0.1, -0.05) is 11.6 Å². The van der Waals surface area contributed by atoms with E-state index >= 15 is 0 Å². The first-order valence-electron chi connectivity index (χ1n) is 6.09. The second-order valence-corrected chi connectivity index (χ2v) is 4.97. The molecule has 104 valence electrons. The lowest BCUT2D eigenvalue weighted by molar-refractivity contribution is 0.556. The summed E-state index contributed by atoms with van der Waals surface area (Å²) in [6.45, 7) is 2.14. The molecule has 0 bridgehead atoms. The highest BCUT2D eigenvalue weighted by molar-refractivity contribution is 6.32. The van der Waals surface area contributed by atoms with Gasteiger partial charge in [0.05, 0.1) is 6.54 Å². The first kappa shape index (κ1) is 13.3. The molecule has 1 aromatic carbocycles. The summed E-state index contributed by atoms with van der Waals surface area (Å²) in [6, 6.07) is 6.73. The molecule has 0 atom stereocenters. The molecule has 0 aliphatic rings. The Morgan fingerprint density at radius 2 is 2.24 bits per heavy atom. The van der Waals surface area contributed by atoms with Crippen molar-refractivity contribution < 1.29 is 4.42 Å². The fraction of sp³-hybridized carbons (Fsp3) is 0.143. The summed E-state index contributed by atoms with van der Waals surface area (Å²) in [4.78, 5) is 15.5. The number of fused-ring (bicyclic) bond motifs is 1. The molecule has 0 saturated carbocycles. The Morgan fingerprint density at radius 1 is 1.43 bits per heavy atom. The van der Waals surface area contributed by atoms with Gasteiger partial charge in [-0.2, -0.15) is 5.26 Å². The third kappa shape index (κ3) is 2.51. The first-order valence-corrected chi connectivity index (χ1v) is 6.47. The monoisotopic (exact) mass is 300 g/mol. The molecule has 0 aliphatic heterocycles. The summed E-state index contributed by atoms with van der Waals surface area (Å²) < 4.78 is 6.68. The van der Waals surface area contributed by atoms with E-state index in [0.29, 0.717) is 22.7 Å². The van der Waals surface area contributed by atoms with E-state index in [9.17, 15) is 4.79 Å². The summed E-state index contributed by atoms with van der Waals surface area (Å²) in [6.07, 6.45) is 1.44. The Bertz CT molecular complexity index is 936. The Labute approximate surface area is 124 Å². The van der Waals surface area contributed by atoms with Gasteiger partial charge in [-0.25, -0.2) is 14.5 Å². The topological polar surface area (TPSA) is 84.7 Å². The Balaban J connectivity index is 2.15. The number of nitrogens with zero attached hydrogens (tertiary/aromatic N) is 4. The number of benzene rings is 1. The summed E-state index contributed by atoms with van der Waals surface area (Å²) >= 11 is 6.13. The van der Waals surface area contributed by atoms with Crippen molar-refractivity contribution in [3.05, 3.63) is 56.9 Å². The highest BCUT2D eigenvalue weighted by atomic mass is 35.5. The molecule has 3 rings (SSSR count). The molecule has 2 heterocycles. The first-order chi connectivity index (χ1) is 10.1. The van der Waals surface area contributed by atoms with Crippen LogP contribution in [0.4, 0.5) is 0 Å². The van der Waals surface area contributed by atoms with Crippen molar-refractivity contribution in [3.63, 3.8) is 0 Å².